The highest BCUT2D eigenvalue weighted by molar-refractivity contribution is 6.07. The molecule has 1 aliphatic heterocycles. The molecule has 0 aliphatic carbocycles. The number of benzene rings is 2. The van der Waals surface area contributed by atoms with Gasteiger partial charge in [0.25, 0.3) is 5.91 Å². The molecular formula is C27H32N2O3. The number of nitrogens with zero attached hydrogens (tertiary/aromatic N) is 1. The number of aryl methyl sites for hydroxylation is 1. The van der Waals surface area contributed by atoms with Gasteiger partial charge in [0.2, 0.25) is 5.76 Å². The van der Waals surface area contributed by atoms with Crippen LogP contribution in [-0.2, 0) is 0 Å². The maximum atomic E-state index is 13.1. The van der Waals surface area contributed by atoms with Gasteiger partial charge in [-0.1, -0.05) is 61.9 Å². The van der Waals surface area contributed by atoms with Gasteiger partial charge in [0.1, 0.15) is 0 Å². The van der Waals surface area contributed by atoms with Crippen LogP contribution in [-0.4, -0.2) is 37.0 Å². The smallest absolute Gasteiger partial charge is 0.344 e. The second kappa shape index (κ2) is 9.70. The number of hydrogen-bond donors (Lipinski definition) is 1. The Bertz CT molecular complexity index is 1140. The van der Waals surface area contributed by atoms with E-state index in [0.29, 0.717) is 17.5 Å². The van der Waals surface area contributed by atoms with Crippen LogP contribution < -0.4 is 10.9 Å². The molecular weight excluding hydrogens is 400 g/mol. The molecule has 1 aromatic heterocycles. The standard InChI is InChI=1S/C27H32N2O3/c1-18-9-11-21(12-10-18)24-22-7-4-5-8-23(22)27(31)32-25(24)26(30)28-13-6-14-29-16-19(2)15-20(3)17-29/h4-5,7-12,19-20H,6,13-17H2,1-3H3,(H,28,30)/t19-,20-/m0/s1. The third kappa shape index (κ3) is 4.94. The fraction of sp³-hybridized carbons (Fsp3) is 0.407. The first-order valence-corrected chi connectivity index (χ1v) is 11.6. The molecule has 2 atom stereocenters. The first kappa shape index (κ1) is 22.3. The fourth-order valence-corrected chi connectivity index (χ4v) is 4.93. The number of nitrogens with one attached hydrogen (secondary N) is 1. The first-order valence-electron chi connectivity index (χ1n) is 11.6. The summed E-state index contributed by atoms with van der Waals surface area (Å²) in [5.74, 6) is 1.18. The second-order valence-corrected chi connectivity index (χ2v) is 9.32. The molecule has 0 unspecified atom stereocenters. The van der Waals surface area contributed by atoms with E-state index in [1.807, 2.05) is 43.3 Å². The Morgan fingerprint density at radius 1 is 1.03 bits per heavy atom. The van der Waals surface area contributed by atoms with Crippen molar-refractivity contribution in [1.82, 2.24) is 10.2 Å². The van der Waals surface area contributed by atoms with Gasteiger partial charge in [-0.15, -0.1) is 0 Å². The molecule has 1 saturated heterocycles. The van der Waals surface area contributed by atoms with Gasteiger partial charge in [-0.05, 0) is 49.8 Å². The quantitative estimate of drug-likeness (QED) is 0.565. The summed E-state index contributed by atoms with van der Waals surface area (Å²) in [7, 11) is 0. The van der Waals surface area contributed by atoms with Crippen LogP contribution in [0.4, 0.5) is 0 Å². The largest absolute Gasteiger partial charge is 0.416 e. The minimum Gasteiger partial charge on any atom is -0.416 e. The zero-order valence-corrected chi connectivity index (χ0v) is 19.2. The molecule has 32 heavy (non-hydrogen) atoms. The van der Waals surface area contributed by atoms with Crippen molar-refractivity contribution in [3.05, 3.63) is 70.3 Å². The lowest BCUT2D eigenvalue weighted by Crippen LogP contribution is -2.40. The maximum Gasteiger partial charge on any atom is 0.344 e. The lowest BCUT2D eigenvalue weighted by Gasteiger charge is -2.34. The third-order valence-electron chi connectivity index (χ3n) is 6.27. The van der Waals surface area contributed by atoms with E-state index in [1.54, 1.807) is 12.1 Å². The Labute approximate surface area is 189 Å². The van der Waals surface area contributed by atoms with Crippen LogP contribution in [0.25, 0.3) is 21.9 Å². The van der Waals surface area contributed by atoms with Crippen molar-refractivity contribution >= 4 is 16.7 Å². The number of carbonyl (C=O) groups excluding carboxylic acids is 1. The summed E-state index contributed by atoms with van der Waals surface area (Å²) in [5.41, 5.74) is 2.16. The van der Waals surface area contributed by atoms with E-state index >= 15 is 0 Å². The zero-order valence-electron chi connectivity index (χ0n) is 19.2. The first-order chi connectivity index (χ1) is 15.4. The number of amides is 1. The average molecular weight is 433 g/mol. The highest BCUT2D eigenvalue weighted by Gasteiger charge is 2.23. The Kier molecular flexibility index (Phi) is 6.75. The van der Waals surface area contributed by atoms with Gasteiger partial charge in [-0.3, -0.25) is 4.79 Å². The molecule has 2 aromatic carbocycles. The van der Waals surface area contributed by atoms with Gasteiger partial charge < -0.3 is 14.6 Å². The second-order valence-electron chi connectivity index (χ2n) is 9.32. The maximum absolute atomic E-state index is 13.1. The summed E-state index contributed by atoms with van der Waals surface area (Å²) >= 11 is 0. The van der Waals surface area contributed by atoms with E-state index in [4.69, 9.17) is 4.42 Å². The molecule has 168 valence electrons. The Hall–Kier alpha value is -2.92. The Balaban J connectivity index is 1.54. The van der Waals surface area contributed by atoms with Crippen LogP contribution in [0.5, 0.6) is 0 Å². The summed E-state index contributed by atoms with van der Waals surface area (Å²) in [6, 6.07) is 15.2. The number of fused-ring (bicyclic) bond motifs is 1. The Morgan fingerprint density at radius 3 is 2.38 bits per heavy atom. The minimum absolute atomic E-state index is 0.0813. The van der Waals surface area contributed by atoms with Crippen LogP contribution in [0, 0.1) is 18.8 Å². The van der Waals surface area contributed by atoms with Crippen molar-refractivity contribution in [2.45, 2.75) is 33.6 Å². The van der Waals surface area contributed by atoms with Gasteiger partial charge in [0, 0.05) is 30.6 Å². The lowest BCUT2D eigenvalue weighted by molar-refractivity contribution is 0.0917. The van der Waals surface area contributed by atoms with Gasteiger partial charge >= 0.3 is 5.63 Å². The molecule has 1 aliphatic rings. The zero-order chi connectivity index (χ0) is 22.7. The predicted octanol–water partition coefficient (Wildman–Crippen LogP) is 4.87. The van der Waals surface area contributed by atoms with Crippen LogP contribution >= 0.6 is 0 Å². The molecule has 0 spiro atoms. The summed E-state index contributed by atoms with van der Waals surface area (Å²) < 4.78 is 5.57. The molecule has 5 nitrogen and oxygen atoms in total. The van der Waals surface area contributed by atoms with Crippen molar-refractivity contribution in [2.24, 2.45) is 11.8 Å². The predicted molar refractivity (Wildman–Crippen MR) is 129 cm³/mol. The van der Waals surface area contributed by atoms with E-state index in [2.05, 4.69) is 24.1 Å². The summed E-state index contributed by atoms with van der Waals surface area (Å²) in [6.45, 7) is 10.4. The molecule has 0 saturated carbocycles. The van der Waals surface area contributed by atoms with Crippen LogP contribution in [0.1, 0.15) is 42.8 Å². The molecule has 4 rings (SSSR count). The van der Waals surface area contributed by atoms with Gasteiger partial charge in [-0.25, -0.2) is 4.79 Å². The SMILES string of the molecule is Cc1ccc(-c2c(C(=O)NCCCN3C[C@@H](C)C[C@H](C)C3)oc(=O)c3ccccc23)cc1. The fourth-order valence-electron chi connectivity index (χ4n) is 4.93. The van der Waals surface area contributed by atoms with E-state index in [9.17, 15) is 9.59 Å². The monoisotopic (exact) mass is 432 g/mol. The molecule has 1 N–H and O–H groups in total. The van der Waals surface area contributed by atoms with E-state index in [-0.39, 0.29) is 11.7 Å². The van der Waals surface area contributed by atoms with Crippen molar-refractivity contribution in [1.29, 1.82) is 0 Å². The average Bonchev–Trinajstić information content (AvgIpc) is 2.77. The lowest BCUT2D eigenvalue weighted by atomic mass is 9.92. The van der Waals surface area contributed by atoms with Gasteiger partial charge in [-0.2, -0.15) is 0 Å². The number of carbonyl (C=O) groups is 1. The topological polar surface area (TPSA) is 62.6 Å². The number of piperidine rings is 1. The van der Waals surface area contributed by atoms with Crippen LogP contribution in [0.3, 0.4) is 0 Å². The molecule has 1 amide bonds. The highest BCUT2D eigenvalue weighted by Crippen LogP contribution is 2.31. The van der Waals surface area contributed by atoms with Gasteiger partial charge in [0.15, 0.2) is 0 Å². The molecule has 5 heteroatoms. The molecule has 3 aromatic rings. The summed E-state index contributed by atoms with van der Waals surface area (Å²) in [6.07, 6.45) is 2.15. The summed E-state index contributed by atoms with van der Waals surface area (Å²) in [4.78, 5) is 28.2. The van der Waals surface area contributed by atoms with Crippen molar-refractivity contribution in [3.63, 3.8) is 0 Å². The number of hydrogen-bond acceptors (Lipinski definition) is 4. The third-order valence-corrected chi connectivity index (χ3v) is 6.27. The van der Waals surface area contributed by atoms with E-state index in [0.717, 1.165) is 54.4 Å². The molecule has 2 heterocycles. The van der Waals surface area contributed by atoms with Crippen LogP contribution in [0.2, 0.25) is 0 Å². The van der Waals surface area contributed by atoms with E-state index < -0.39 is 5.63 Å². The molecule has 1 fully saturated rings. The number of likely N-dealkylation sites (tertiary alicyclic amines) is 1. The van der Waals surface area contributed by atoms with Crippen molar-refractivity contribution in [2.75, 3.05) is 26.2 Å². The Morgan fingerprint density at radius 2 is 1.69 bits per heavy atom. The molecule has 0 radical (unpaired) electrons. The van der Waals surface area contributed by atoms with Crippen LogP contribution in [0.15, 0.2) is 57.7 Å². The van der Waals surface area contributed by atoms with Crippen molar-refractivity contribution < 1.29 is 9.21 Å². The normalized spacial score (nSPS) is 19.2. The number of rotatable bonds is 6. The van der Waals surface area contributed by atoms with E-state index in [1.165, 1.54) is 6.42 Å². The molecule has 0 bridgehead atoms. The highest BCUT2D eigenvalue weighted by atomic mass is 16.4. The van der Waals surface area contributed by atoms with Gasteiger partial charge in [0.05, 0.1) is 5.39 Å². The minimum atomic E-state index is -0.488. The summed E-state index contributed by atoms with van der Waals surface area (Å²) in [5, 5.41) is 4.19. The van der Waals surface area contributed by atoms with Crippen molar-refractivity contribution in [3.8, 4) is 11.1 Å².